The van der Waals surface area contributed by atoms with Crippen LogP contribution in [0, 0.1) is 0 Å². The Morgan fingerprint density at radius 1 is 0.971 bits per heavy atom. The molecule has 0 atom stereocenters. The molecule has 0 spiro atoms. The third-order valence-electron chi connectivity index (χ3n) is 6.08. The molecular formula is C29H33N3O3. The Balaban J connectivity index is 1.36. The van der Waals surface area contributed by atoms with E-state index in [1.807, 2.05) is 42.5 Å². The fraction of sp³-hybridized carbons (Fsp3) is 0.310. The molecule has 0 unspecified atom stereocenters. The molecule has 0 saturated carbocycles. The zero-order valence-corrected chi connectivity index (χ0v) is 20.7. The molecule has 0 aliphatic carbocycles. The van der Waals surface area contributed by atoms with Crippen LogP contribution < -0.4 is 14.8 Å². The second-order valence-corrected chi connectivity index (χ2v) is 8.83. The zero-order valence-electron chi connectivity index (χ0n) is 20.7. The van der Waals surface area contributed by atoms with Crippen LogP contribution in [0.15, 0.2) is 72.8 Å². The quantitative estimate of drug-likeness (QED) is 0.274. The number of aryl methyl sites for hydroxylation is 1. The minimum absolute atomic E-state index is 0.182. The summed E-state index contributed by atoms with van der Waals surface area (Å²) in [6, 6.07) is 23.6. The lowest BCUT2D eigenvalue weighted by atomic mass is 10.0. The highest BCUT2D eigenvalue weighted by molar-refractivity contribution is 5.96. The number of aromatic nitrogens is 2. The van der Waals surface area contributed by atoms with Crippen LogP contribution in [0.4, 0.5) is 0 Å². The van der Waals surface area contributed by atoms with Gasteiger partial charge in [0.25, 0.3) is 5.91 Å². The van der Waals surface area contributed by atoms with Gasteiger partial charge in [-0.3, -0.25) is 4.79 Å². The number of nitrogens with zero attached hydrogens (tertiary/aromatic N) is 2. The summed E-state index contributed by atoms with van der Waals surface area (Å²) < 4.78 is 13.4. The third kappa shape index (κ3) is 6.01. The number of hydrogen-bond acceptors (Lipinski definition) is 4. The average molecular weight is 472 g/mol. The van der Waals surface area contributed by atoms with E-state index in [-0.39, 0.29) is 5.91 Å². The third-order valence-corrected chi connectivity index (χ3v) is 6.08. The zero-order chi connectivity index (χ0) is 24.6. The molecule has 0 bridgehead atoms. The molecule has 6 nitrogen and oxygen atoms in total. The van der Waals surface area contributed by atoms with Gasteiger partial charge in [-0.05, 0) is 60.7 Å². The van der Waals surface area contributed by atoms with Crippen molar-refractivity contribution in [2.75, 3.05) is 13.7 Å². The van der Waals surface area contributed by atoms with Gasteiger partial charge < -0.3 is 19.4 Å². The second-order valence-electron chi connectivity index (χ2n) is 8.83. The fourth-order valence-electron chi connectivity index (χ4n) is 4.11. The van der Waals surface area contributed by atoms with Crippen LogP contribution in [-0.4, -0.2) is 29.2 Å². The highest BCUT2D eigenvalue weighted by Gasteiger charge is 2.14. The molecule has 6 heteroatoms. The van der Waals surface area contributed by atoms with Gasteiger partial charge in [-0.25, -0.2) is 4.98 Å². The van der Waals surface area contributed by atoms with Crippen molar-refractivity contribution in [2.45, 2.75) is 45.7 Å². The molecule has 0 radical (unpaired) electrons. The van der Waals surface area contributed by atoms with Gasteiger partial charge in [0.2, 0.25) is 0 Å². The first-order valence-electron chi connectivity index (χ1n) is 12.1. The Hall–Kier alpha value is -3.80. The minimum atomic E-state index is -0.182. The van der Waals surface area contributed by atoms with Crippen molar-refractivity contribution in [2.24, 2.45) is 0 Å². The molecule has 1 aromatic heterocycles. The van der Waals surface area contributed by atoms with Gasteiger partial charge in [-0.1, -0.05) is 50.2 Å². The molecule has 0 aliphatic rings. The van der Waals surface area contributed by atoms with Crippen molar-refractivity contribution >= 4 is 16.9 Å². The van der Waals surface area contributed by atoms with Crippen LogP contribution in [-0.2, 0) is 13.1 Å². The molecular weight excluding hydrogens is 438 g/mol. The summed E-state index contributed by atoms with van der Waals surface area (Å²) in [4.78, 5) is 17.5. The number of hydrogen-bond donors (Lipinski definition) is 1. The van der Waals surface area contributed by atoms with Crippen molar-refractivity contribution in [3.05, 3.63) is 89.7 Å². The predicted molar refractivity (Wildman–Crippen MR) is 139 cm³/mol. The summed E-state index contributed by atoms with van der Waals surface area (Å²) in [6.07, 6.45) is 1.86. The van der Waals surface area contributed by atoms with Crippen molar-refractivity contribution in [1.82, 2.24) is 14.9 Å². The number of fused-ring (bicyclic) bond motifs is 1. The van der Waals surface area contributed by atoms with Gasteiger partial charge >= 0.3 is 0 Å². The topological polar surface area (TPSA) is 65.4 Å². The van der Waals surface area contributed by atoms with Crippen molar-refractivity contribution in [3.8, 4) is 11.5 Å². The van der Waals surface area contributed by atoms with E-state index in [1.165, 1.54) is 5.56 Å². The monoisotopic (exact) mass is 471 g/mol. The second kappa shape index (κ2) is 11.6. The summed E-state index contributed by atoms with van der Waals surface area (Å²) >= 11 is 0. The van der Waals surface area contributed by atoms with E-state index in [2.05, 4.69) is 41.9 Å². The van der Waals surface area contributed by atoms with Gasteiger partial charge in [-0.2, -0.15) is 0 Å². The van der Waals surface area contributed by atoms with Crippen molar-refractivity contribution in [3.63, 3.8) is 0 Å². The van der Waals surface area contributed by atoms with Crippen LogP contribution in [0.5, 0.6) is 11.5 Å². The first-order valence-corrected chi connectivity index (χ1v) is 12.1. The largest absolute Gasteiger partial charge is 0.496 e. The molecule has 182 valence electrons. The SMILES string of the molecule is COc1ccccc1C(=O)NCc1nc2ccccc2n1CCCCOc1ccc(C(C)C)cc1. The van der Waals surface area contributed by atoms with E-state index < -0.39 is 0 Å². The number of nitrogens with one attached hydrogen (secondary N) is 1. The van der Waals surface area contributed by atoms with Crippen LogP contribution in [0.3, 0.4) is 0 Å². The molecule has 1 amide bonds. The molecule has 4 rings (SSSR count). The lowest BCUT2D eigenvalue weighted by molar-refractivity contribution is 0.0946. The number of carbonyl (C=O) groups excluding carboxylic acids is 1. The maximum Gasteiger partial charge on any atom is 0.255 e. The maximum absolute atomic E-state index is 12.8. The number of carbonyl (C=O) groups is 1. The van der Waals surface area contributed by atoms with Crippen LogP contribution in [0.2, 0.25) is 0 Å². The van der Waals surface area contributed by atoms with E-state index >= 15 is 0 Å². The smallest absolute Gasteiger partial charge is 0.255 e. The van der Waals surface area contributed by atoms with E-state index in [9.17, 15) is 4.79 Å². The highest BCUT2D eigenvalue weighted by atomic mass is 16.5. The van der Waals surface area contributed by atoms with E-state index in [4.69, 9.17) is 14.5 Å². The number of ether oxygens (including phenoxy) is 2. The number of benzene rings is 3. The van der Waals surface area contributed by atoms with Gasteiger partial charge in [-0.15, -0.1) is 0 Å². The summed E-state index contributed by atoms with van der Waals surface area (Å²) in [5, 5.41) is 3.00. The number of para-hydroxylation sites is 3. The first kappa shape index (κ1) is 24.3. The molecule has 0 fully saturated rings. The summed E-state index contributed by atoms with van der Waals surface area (Å²) in [5.74, 6) is 2.62. The van der Waals surface area contributed by atoms with Crippen LogP contribution in [0.1, 0.15) is 54.4 Å². The van der Waals surface area contributed by atoms with Crippen LogP contribution in [0.25, 0.3) is 11.0 Å². The van der Waals surface area contributed by atoms with Gasteiger partial charge in [0.05, 0.1) is 36.9 Å². The van der Waals surface area contributed by atoms with Crippen LogP contribution >= 0.6 is 0 Å². The van der Waals surface area contributed by atoms with Crippen molar-refractivity contribution < 1.29 is 14.3 Å². The molecule has 3 aromatic carbocycles. The number of amides is 1. The van der Waals surface area contributed by atoms with Gasteiger partial charge in [0.1, 0.15) is 17.3 Å². The Morgan fingerprint density at radius 2 is 1.71 bits per heavy atom. The number of methoxy groups -OCH3 is 1. The maximum atomic E-state index is 12.8. The number of imidazole rings is 1. The molecule has 4 aromatic rings. The number of rotatable bonds is 11. The Labute approximate surface area is 206 Å². The standard InChI is InChI=1S/C29H33N3O3/c1-21(2)22-14-16-23(17-15-22)35-19-9-8-18-32-26-12-6-5-11-25(26)31-28(32)20-30-29(33)24-10-4-7-13-27(24)34-3/h4-7,10-17,21H,8-9,18-20H2,1-3H3,(H,30,33). The number of unbranched alkanes of at least 4 members (excludes halogenated alkanes) is 1. The summed E-state index contributed by atoms with van der Waals surface area (Å²) in [5.41, 5.74) is 3.82. The normalized spacial score (nSPS) is 11.1. The first-order chi connectivity index (χ1) is 17.1. The molecule has 1 N–H and O–H groups in total. The summed E-state index contributed by atoms with van der Waals surface area (Å²) in [6.45, 7) is 6.18. The Morgan fingerprint density at radius 3 is 2.49 bits per heavy atom. The average Bonchev–Trinajstić information content (AvgIpc) is 3.24. The molecule has 1 heterocycles. The highest BCUT2D eigenvalue weighted by Crippen LogP contribution is 2.21. The Kier molecular flexibility index (Phi) is 8.03. The lowest BCUT2D eigenvalue weighted by Crippen LogP contribution is -2.25. The molecule has 0 saturated heterocycles. The lowest BCUT2D eigenvalue weighted by Gasteiger charge is -2.12. The minimum Gasteiger partial charge on any atom is -0.496 e. The predicted octanol–water partition coefficient (Wildman–Crippen LogP) is 5.96. The molecule has 35 heavy (non-hydrogen) atoms. The van der Waals surface area contributed by atoms with E-state index in [0.717, 1.165) is 42.0 Å². The molecule has 0 aliphatic heterocycles. The fourth-order valence-corrected chi connectivity index (χ4v) is 4.11. The van der Waals surface area contributed by atoms with Gasteiger partial charge in [0, 0.05) is 6.54 Å². The van der Waals surface area contributed by atoms with Gasteiger partial charge in [0.15, 0.2) is 0 Å². The van der Waals surface area contributed by atoms with E-state index in [1.54, 1.807) is 19.2 Å². The van der Waals surface area contributed by atoms with Crippen molar-refractivity contribution in [1.29, 1.82) is 0 Å². The Bertz CT molecular complexity index is 1260. The van der Waals surface area contributed by atoms with E-state index in [0.29, 0.717) is 30.4 Å². The summed E-state index contributed by atoms with van der Waals surface area (Å²) in [7, 11) is 1.57.